The summed E-state index contributed by atoms with van der Waals surface area (Å²) >= 11 is 3.57. The van der Waals surface area contributed by atoms with Crippen LogP contribution in [0.15, 0.2) is 71.3 Å². The molecule has 0 amide bonds. The fourth-order valence-electron chi connectivity index (χ4n) is 5.27. The molecule has 0 bridgehead atoms. The van der Waals surface area contributed by atoms with E-state index in [9.17, 15) is 9.65 Å². The lowest BCUT2D eigenvalue weighted by atomic mass is 9.81. The molecule has 5 rings (SSSR count). The molecule has 6 heteroatoms. The summed E-state index contributed by atoms with van der Waals surface area (Å²) in [6.07, 6.45) is 7.13. The van der Waals surface area contributed by atoms with E-state index in [0.717, 1.165) is 66.4 Å². The summed E-state index contributed by atoms with van der Waals surface area (Å²) in [5.41, 5.74) is 5.65. The van der Waals surface area contributed by atoms with Crippen LogP contribution in [0.25, 0.3) is 10.9 Å². The second kappa shape index (κ2) is 11.0. The molecule has 0 saturated carbocycles. The Kier molecular flexibility index (Phi) is 7.52. The molecule has 1 aromatic heterocycles. The molecule has 0 spiro atoms. The maximum atomic E-state index is 13.6. The number of rotatable bonds is 10. The number of halogens is 2. The number of nitrogens with zero attached hydrogens (tertiary/aromatic N) is 1. The molecule has 0 fully saturated rings. The number of hydrogen-bond acceptors (Lipinski definition) is 3. The van der Waals surface area contributed by atoms with Crippen molar-refractivity contribution in [3.63, 3.8) is 0 Å². The van der Waals surface area contributed by atoms with Gasteiger partial charge in [-0.3, -0.25) is 0 Å². The Labute approximate surface area is 219 Å². The van der Waals surface area contributed by atoms with E-state index in [1.165, 1.54) is 28.6 Å². The Balaban J connectivity index is 1.15. The molecule has 1 aliphatic heterocycles. The van der Waals surface area contributed by atoms with E-state index in [1.807, 2.05) is 30.3 Å². The maximum Gasteiger partial charge on any atom is 0.123 e. The minimum absolute atomic E-state index is 0.256. The molecule has 2 heterocycles. The minimum Gasteiger partial charge on any atom is -0.361 e. The fraction of sp³-hybridized carbons (Fsp3) is 0.300. The molecule has 2 N–H and O–H groups in total. The second-order valence-electron chi connectivity index (χ2n) is 9.42. The van der Waals surface area contributed by atoms with Gasteiger partial charge >= 0.3 is 0 Å². The summed E-state index contributed by atoms with van der Waals surface area (Å²) in [6, 6.07) is 20.9. The third-order valence-corrected chi connectivity index (χ3v) is 7.61. The molecule has 184 valence electrons. The Morgan fingerprint density at radius 1 is 1.03 bits per heavy atom. The second-order valence-corrected chi connectivity index (χ2v) is 10.3. The highest BCUT2D eigenvalue weighted by atomic mass is 79.9. The Bertz CT molecular complexity index is 1390. The molecular weight excluding hydrogens is 517 g/mol. The van der Waals surface area contributed by atoms with Gasteiger partial charge in [-0.05, 0) is 110 Å². The highest BCUT2D eigenvalue weighted by Crippen LogP contribution is 2.45. The summed E-state index contributed by atoms with van der Waals surface area (Å²) in [7, 11) is 0. The number of unbranched alkanes of at least 4 members (excludes halogenated alkanes) is 1. The molecule has 1 unspecified atom stereocenters. The average Bonchev–Trinajstić information content (AvgIpc) is 3.47. The van der Waals surface area contributed by atoms with Crippen LogP contribution in [0.5, 0.6) is 0 Å². The summed E-state index contributed by atoms with van der Waals surface area (Å²) < 4.78 is 21.1. The molecule has 0 aliphatic carbocycles. The van der Waals surface area contributed by atoms with Gasteiger partial charge in [0.1, 0.15) is 11.4 Å². The van der Waals surface area contributed by atoms with Gasteiger partial charge in [-0.1, -0.05) is 34.1 Å². The lowest BCUT2D eigenvalue weighted by molar-refractivity contribution is -0.0129. The number of H-pyrrole nitrogens is 1. The van der Waals surface area contributed by atoms with Crippen molar-refractivity contribution in [1.82, 2.24) is 10.3 Å². The number of aromatic amines is 1. The maximum absolute atomic E-state index is 13.6. The van der Waals surface area contributed by atoms with Crippen molar-refractivity contribution in [2.75, 3.05) is 13.1 Å². The first-order valence-corrected chi connectivity index (χ1v) is 13.3. The molecule has 4 aromatic rings. The topological polar surface area (TPSA) is 60.8 Å². The third-order valence-electron chi connectivity index (χ3n) is 7.12. The van der Waals surface area contributed by atoms with Gasteiger partial charge < -0.3 is 15.0 Å². The van der Waals surface area contributed by atoms with Crippen LogP contribution in [0.1, 0.15) is 53.5 Å². The zero-order chi connectivity index (χ0) is 25.0. The van der Waals surface area contributed by atoms with E-state index in [2.05, 4.69) is 56.7 Å². The number of nitrogens with one attached hydrogen (secondary N) is 2. The van der Waals surface area contributed by atoms with E-state index in [1.54, 1.807) is 0 Å². The molecular formula is C30H29BrFN3O. The van der Waals surface area contributed by atoms with Crippen LogP contribution < -0.4 is 5.32 Å². The summed E-state index contributed by atoms with van der Waals surface area (Å²) in [5.74, 6) is -0.256. The lowest BCUT2D eigenvalue weighted by Crippen LogP contribution is -2.29. The molecule has 1 atom stereocenters. The molecule has 0 saturated heterocycles. The summed E-state index contributed by atoms with van der Waals surface area (Å²) in [6.45, 7) is 2.32. The number of ether oxygens (including phenoxy) is 1. The van der Waals surface area contributed by atoms with E-state index in [4.69, 9.17) is 4.74 Å². The van der Waals surface area contributed by atoms with Crippen molar-refractivity contribution in [1.29, 1.82) is 5.26 Å². The van der Waals surface area contributed by atoms with Gasteiger partial charge in [-0.15, -0.1) is 0 Å². The zero-order valence-electron chi connectivity index (χ0n) is 20.1. The van der Waals surface area contributed by atoms with Crippen LogP contribution in [-0.4, -0.2) is 18.1 Å². The monoisotopic (exact) mass is 545 g/mol. The summed E-state index contributed by atoms with van der Waals surface area (Å²) in [5, 5.41) is 14.2. The number of hydrogen-bond donors (Lipinski definition) is 2. The van der Waals surface area contributed by atoms with Gasteiger partial charge in [0.2, 0.25) is 0 Å². The fourth-order valence-corrected chi connectivity index (χ4v) is 5.64. The quantitative estimate of drug-likeness (QED) is 0.209. The minimum atomic E-state index is -0.609. The largest absolute Gasteiger partial charge is 0.361 e. The molecule has 1 aliphatic rings. The Morgan fingerprint density at radius 2 is 1.86 bits per heavy atom. The predicted molar refractivity (Wildman–Crippen MR) is 144 cm³/mol. The number of aryl methyl sites for hydroxylation is 1. The normalized spacial score (nSPS) is 16.8. The van der Waals surface area contributed by atoms with Crippen molar-refractivity contribution in [2.45, 2.75) is 44.3 Å². The molecule has 36 heavy (non-hydrogen) atoms. The molecule has 0 radical (unpaired) electrons. The van der Waals surface area contributed by atoms with Crippen molar-refractivity contribution >= 4 is 26.8 Å². The highest BCUT2D eigenvalue weighted by molar-refractivity contribution is 9.10. The van der Waals surface area contributed by atoms with Gasteiger partial charge in [-0.25, -0.2) is 4.39 Å². The van der Waals surface area contributed by atoms with Crippen LogP contribution in [-0.2, 0) is 23.4 Å². The van der Waals surface area contributed by atoms with E-state index >= 15 is 0 Å². The average molecular weight is 546 g/mol. The lowest BCUT2D eigenvalue weighted by Gasteiger charge is -2.30. The van der Waals surface area contributed by atoms with Crippen LogP contribution in [0.3, 0.4) is 0 Å². The number of nitriles is 1. The van der Waals surface area contributed by atoms with Crippen molar-refractivity contribution in [3.8, 4) is 6.07 Å². The van der Waals surface area contributed by atoms with E-state index in [-0.39, 0.29) is 5.82 Å². The smallest absolute Gasteiger partial charge is 0.123 e. The van der Waals surface area contributed by atoms with Crippen LogP contribution in [0.4, 0.5) is 4.39 Å². The van der Waals surface area contributed by atoms with Crippen LogP contribution in [0.2, 0.25) is 0 Å². The Morgan fingerprint density at radius 3 is 2.69 bits per heavy atom. The van der Waals surface area contributed by atoms with Crippen LogP contribution >= 0.6 is 15.9 Å². The number of benzene rings is 3. The van der Waals surface area contributed by atoms with E-state index in [0.29, 0.717) is 12.2 Å². The first-order valence-electron chi connectivity index (χ1n) is 12.5. The van der Waals surface area contributed by atoms with Gasteiger partial charge in [0.25, 0.3) is 0 Å². The van der Waals surface area contributed by atoms with Gasteiger partial charge in [0, 0.05) is 21.6 Å². The van der Waals surface area contributed by atoms with Crippen LogP contribution in [0, 0.1) is 17.1 Å². The third kappa shape index (κ3) is 5.10. The first-order chi connectivity index (χ1) is 17.6. The standard InChI is InChI=1S/C30H29BrFN3O/c31-25-8-12-29-27(17-25)22(19-35-29)4-1-2-14-34-15-3-13-30(24-6-9-26(32)10-7-24)28-11-5-21(18-33)16-23(28)20-36-30/h5-12,16-17,19,34-35H,1-4,13-15,20H2. The summed E-state index contributed by atoms with van der Waals surface area (Å²) in [4.78, 5) is 3.36. The SMILES string of the molecule is N#Cc1ccc2c(c1)COC2(CCCNCCCCc1c[nH]c2ccc(Br)cc12)c1ccc(F)cc1. The molecule has 4 nitrogen and oxygen atoms in total. The van der Waals surface area contributed by atoms with E-state index < -0.39 is 5.60 Å². The molecule has 3 aromatic carbocycles. The van der Waals surface area contributed by atoms with Gasteiger partial charge in [-0.2, -0.15) is 5.26 Å². The van der Waals surface area contributed by atoms with Gasteiger partial charge in [0.15, 0.2) is 0 Å². The van der Waals surface area contributed by atoms with Crippen molar-refractivity contribution in [2.24, 2.45) is 0 Å². The number of aromatic nitrogens is 1. The van der Waals surface area contributed by atoms with Crippen molar-refractivity contribution in [3.05, 3.63) is 105 Å². The first kappa shape index (κ1) is 24.7. The predicted octanol–water partition coefficient (Wildman–Crippen LogP) is 7.11. The Hall–Kier alpha value is -2.98. The van der Waals surface area contributed by atoms with Crippen molar-refractivity contribution < 1.29 is 9.13 Å². The highest BCUT2D eigenvalue weighted by Gasteiger charge is 2.41. The number of fused-ring (bicyclic) bond motifs is 2. The van der Waals surface area contributed by atoms with Gasteiger partial charge in [0.05, 0.1) is 18.2 Å². The zero-order valence-corrected chi connectivity index (χ0v) is 21.7.